The van der Waals surface area contributed by atoms with Gasteiger partial charge in [0, 0.05) is 12.6 Å². The summed E-state index contributed by atoms with van der Waals surface area (Å²) in [6, 6.07) is 8.82. The quantitative estimate of drug-likeness (QED) is 0.801. The monoisotopic (exact) mass is 205 g/mol. The van der Waals surface area contributed by atoms with Crippen LogP contribution in [-0.4, -0.2) is 13.7 Å². The molecule has 1 heterocycles. The Hall–Kier alpha value is -1.02. The molecule has 1 unspecified atom stereocenters. The molecule has 2 rings (SSSR count). The molecule has 15 heavy (non-hydrogen) atoms. The summed E-state index contributed by atoms with van der Waals surface area (Å²) >= 11 is 0. The van der Waals surface area contributed by atoms with Crippen LogP contribution >= 0.6 is 0 Å². The summed E-state index contributed by atoms with van der Waals surface area (Å²) < 4.78 is 5.24. The normalized spacial score (nSPS) is 24.1. The van der Waals surface area contributed by atoms with Crippen LogP contribution in [0.2, 0.25) is 0 Å². The van der Waals surface area contributed by atoms with Crippen molar-refractivity contribution in [2.75, 3.05) is 13.7 Å². The molecule has 0 aromatic heterocycles. The van der Waals surface area contributed by atoms with E-state index in [1.54, 1.807) is 7.11 Å². The first-order valence-electron chi connectivity index (χ1n) is 5.48. The van der Waals surface area contributed by atoms with Crippen molar-refractivity contribution in [3.63, 3.8) is 0 Å². The summed E-state index contributed by atoms with van der Waals surface area (Å²) in [6.45, 7) is 5.70. The van der Waals surface area contributed by atoms with Crippen molar-refractivity contribution in [1.82, 2.24) is 5.32 Å². The van der Waals surface area contributed by atoms with Crippen molar-refractivity contribution in [1.29, 1.82) is 0 Å². The Morgan fingerprint density at radius 1 is 1.40 bits per heavy atom. The van der Waals surface area contributed by atoms with Gasteiger partial charge in [-0.05, 0) is 29.5 Å². The Bertz CT molecular complexity index is 346. The highest BCUT2D eigenvalue weighted by Crippen LogP contribution is 2.36. The maximum Gasteiger partial charge on any atom is 0.119 e. The van der Waals surface area contributed by atoms with Crippen LogP contribution in [0.5, 0.6) is 5.75 Å². The lowest BCUT2D eigenvalue weighted by atomic mass is 9.89. The molecule has 0 aliphatic carbocycles. The van der Waals surface area contributed by atoms with E-state index < -0.39 is 0 Å². The Morgan fingerprint density at radius 3 is 2.80 bits per heavy atom. The molecule has 1 saturated heterocycles. The summed E-state index contributed by atoms with van der Waals surface area (Å²) in [7, 11) is 1.71. The summed E-state index contributed by atoms with van der Waals surface area (Å²) in [5, 5.41) is 3.56. The molecule has 0 spiro atoms. The third-order valence-corrected chi connectivity index (χ3v) is 3.08. The van der Waals surface area contributed by atoms with E-state index in [0.29, 0.717) is 11.5 Å². The minimum Gasteiger partial charge on any atom is -0.497 e. The fourth-order valence-corrected chi connectivity index (χ4v) is 2.19. The number of nitrogens with one attached hydrogen (secondary N) is 1. The largest absolute Gasteiger partial charge is 0.497 e. The SMILES string of the molecule is COc1cccc(C2CC(C)(C)CN2)c1. The molecule has 1 atom stereocenters. The highest BCUT2D eigenvalue weighted by molar-refractivity contribution is 5.31. The zero-order valence-electron chi connectivity index (χ0n) is 9.71. The number of hydrogen-bond donors (Lipinski definition) is 1. The van der Waals surface area contributed by atoms with Crippen LogP contribution in [0.3, 0.4) is 0 Å². The van der Waals surface area contributed by atoms with Crippen LogP contribution < -0.4 is 10.1 Å². The zero-order valence-corrected chi connectivity index (χ0v) is 9.71. The van der Waals surface area contributed by atoms with Gasteiger partial charge in [-0.3, -0.25) is 0 Å². The zero-order chi connectivity index (χ0) is 10.9. The Balaban J connectivity index is 2.16. The van der Waals surface area contributed by atoms with E-state index in [0.717, 1.165) is 12.3 Å². The van der Waals surface area contributed by atoms with E-state index in [4.69, 9.17) is 4.74 Å². The van der Waals surface area contributed by atoms with Crippen LogP contribution in [-0.2, 0) is 0 Å². The summed E-state index contributed by atoms with van der Waals surface area (Å²) in [5.41, 5.74) is 1.74. The highest BCUT2D eigenvalue weighted by atomic mass is 16.5. The van der Waals surface area contributed by atoms with E-state index in [9.17, 15) is 0 Å². The predicted molar refractivity (Wildman–Crippen MR) is 62.1 cm³/mol. The molecule has 1 N–H and O–H groups in total. The van der Waals surface area contributed by atoms with Crippen molar-refractivity contribution >= 4 is 0 Å². The number of methoxy groups -OCH3 is 1. The van der Waals surface area contributed by atoms with Crippen LogP contribution in [0.1, 0.15) is 31.9 Å². The maximum atomic E-state index is 5.24. The Morgan fingerprint density at radius 2 is 2.20 bits per heavy atom. The molecule has 0 saturated carbocycles. The molecule has 1 aliphatic heterocycles. The Kier molecular flexibility index (Phi) is 2.70. The van der Waals surface area contributed by atoms with E-state index in [1.165, 1.54) is 12.0 Å². The lowest BCUT2D eigenvalue weighted by Gasteiger charge is -2.16. The third kappa shape index (κ3) is 2.32. The number of rotatable bonds is 2. The Labute approximate surface area is 91.6 Å². The van der Waals surface area contributed by atoms with Gasteiger partial charge in [-0.2, -0.15) is 0 Å². The van der Waals surface area contributed by atoms with E-state index in [2.05, 4.69) is 37.4 Å². The van der Waals surface area contributed by atoms with Crippen LogP contribution in [0.25, 0.3) is 0 Å². The molecule has 0 radical (unpaired) electrons. The highest BCUT2D eigenvalue weighted by Gasteiger charge is 2.31. The molecule has 1 aromatic rings. The van der Waals surface area contributed by atoms with Gasteiger partial charge in [-0.1, -0.05) is 26.0 Å². The summed E-state index contributed by atoms with van der Waals surface area (Å²) in [4.78, 5) is 0. The standard InChI is InChI=1S/C13H19NO/c1-13(2)8-12(14-9-13)10-5-4-6-11(7-10)15-3/h4-7,12,14H,8-9H2,1-3H3. The second-order valence-electron chi connectivity index (χ2n) is 5.08. The molecular weight excluding hydrogens is 186 g/mol. The molecule has 1 fully saturated rings. The molecule has 82 valence electrons. The van der Waals surface area contributed by atoms with Crippen LogP contribution in [0.15, 0.2) is 24.3 Å². The van der Waals surface area contributed by atoms with Crippen molar-refractivity contribution in [2.24, 2.45) is 5.41 Å². The second-order valence-corrected chi connectivity index (χ2v) is 5.08. The van der Waals surface area contributed by atoms with Gasteiger partial charge in [0.15, 0.2) is 0 Å². The van der Waals surface area contributed by atoms with Gasteiger partial charge >= 0.3 is 0 Å². The molecule has 0 amide bonds. The average molecular weight is 205 g/mol. The van der Waals surface area contributed by atoms with Gasteiger partial charge in [0.25, 0.3) is 0 Å². The predicted octanol–water partition coefficient (Wildman–Crippen LogP) is 2.76. The molecule has 1 aliphatic rings. The van der Waals surface area contributed by atoms with Crippen molar-refractivity contribution in [3.8, 4) is 5.75 Å². The fourth-order valence-electron chi connectivity index (χ4n) is 2.19. The van der Waals surface area contributed by atoms with Crippen LogP contribution in [0, 0.1) is 5.41 Å². The van der Waals surface area contributed by atoms with Gasteiger partial charge in [-0.25, -0.2) is 0 Å². The van der Waals surface area contributed by atoms with E-state index in [-0.39, 0.29) is 0 Å². The number of ether oxygens (including phenoxy) is 1. The lowest BCUT2D eigenvalue weighted by Crippen LogP contribution is -2.16. The first-order chi connectivity index (χ1) is 7.11. The smallest absolute Gasteiger partial charge is 0.119 e. The van der Waals surface area contributed by atoms with Gasteiger partial charge in [-0.15, -0.1) is 0 Å². The topological polar surface area (TPSA) is 21.3 Å². The minimum atomic E-state index is 0.410. The van der Waals surface area contributed by atoms with Gasteiger partial charge in [0.1, 0.15) is 5.75 Å². The maximum absolute atomic E-state index is 5.24. The first kappa shape index (κ1) is 10.5. The third-order valence-electron chi connectivity index (χ3n) is 3.08. The molecule has 2 heteroatoms. The summed E-state index contributed by atoms with van der Waals surface area (Å²) in [6.07, 6.45) is 1.19. The number of hydrogen-bond acceptors (Lipinski definition) is 2. The van der Waals surface area contributed by atoms with Gasteiger partial charge in [0.05, 0.1) is 7.11 Å². The van der Waals surface area contributed by atoms with Crippen molar-refractivity contribution in [2.45, 2.75) is 26.3 Å². The second kappa shape index (κ2) is 3.86. The first-order valence-corrected chi connectivity index (χ1v) is 5.48. The molecule has 1 aromatic carbocycles. The molecular formula is C13H19NO. The van der Waals surface area contributed by atoms with E-state index >= 15 is 0 Å². The summed E-state index contributed by atoms with van der Waals surface area (Å²) in [5.74, 6) is 0.944. The lowest BCUT2D eigenvalue weighted by molar-refractivity contribution is 0.401. The van der Waals surface area contributed by atoms with Crippen LogP contribution in [0.4, 0.5) is 0 Å². The fraction of sp³-hybridized carbons (Fsp3) is 0.538. The molecule has 0 bridgehead atoms. The molecule has 2 nitrogen and oxygen atoms in total. The van der Waals surface area contributed by atoms with Gasteiger partial charge in [0.2, 0.25) is 0 Å². The van der Waals surface area contributed by atoms with E-state index in [1.807, 2.05) is 6.07 Å². The van der Waals surface area contributed by atoms with Gasteiger partial charge < -0.3 is 10.1 Å². The number of benzene rings is 1. The average Bonchev–Trinajstić information content (AvgIpc) is 2.59. The minimum absolute atomic E-state index is 0.410. The van der Waals surface area contributed by atoms with Crippen molar-refractivity contribution < 1.29 is 4.74 Å². The van der Waals surface area contributed by atoms with Crippen molar-refractivity contribution in [3.05, 3.63) is 29.8 Å².